The molecule has 4 heteroatoms. The third-order valence-electron chi connectivity index (χ3n) is 4.05. The summed E-state index contributed by atoms with van der Waals surface area (Å²) in [6.07, 6.45) is 1.73. The molecule has 1 aliphatic heterocycles. The molecule has 0 aliphatic carbocycles. The minimum Gasteiger partial charge on any atom is -0.374 e. The van der Waals surface area contributed by atoms with E-state index in [9.17, 15) is 5.11 Å². The molecule has 1 atom stereocenters. The molecule has 21 heavy (non-hydrogen) atoms. The lowest BCUT2D eigenvalue weighted by Gasteiger charge is -2.33. The monoisotopic (exact) mass is 285 g/mol. The van der Waals surface area contributed by atoms with Gasteiger partial charge in [-0.1, -0.05) is 36.4 Å². The molecule has 1 fully saturated rings. The van der Waals surface area contributed by atoms with E-state index in [1.807, 2.05) is 48.5 Å². The summed E-state index contributed by atoms with van der Waals surface area (Å²) in [7, 11) is 0. The average molecular weight is 285 g/mol. The van der Waals surface area contributed by atoms with Crippen LogP contribution in [0.3, 0.4) is 0 Å². The summed E-state index contributed by atoms with van der Waals surface area (Å²) < 4.78 is 5.41. The van der Waals surface area contributed by atoms with Crippen molar-refractivity contribution in [2.24, 2.45) is 0 Å². The van der Waals surface area contributed by atoms with Gasteiger partial charge in [0.05, 0.1) is 18.9 Å². The molecule has 0 spiro atoms. The van der Waals surface area contributed by atoms with Crippen molar-refractivity contribution in [1.82, 2.24) is 4.98 Å². The zero-order chi connectivity index (χ0) is 14.5. The molecule has 2 aromatic rings. The van der Waals surface area contributed by atoms with Crippen LogP contribution in [0.25, 0.3) is 0 Å². The summed E-state index contributed by atoms with van der Waals surface area (Å²) in [5.74, 6) is 0. The number of quaternary nitrogens is 1. The van der Waals surface area contributed by atoms with Gasteiger partial charge < -0.3 is 14.7 Å². The fourth-order valence-corrected chi connectivity index (χ4v) is 2.86. The molecule has 110 valence electrons. The number of ether oxygens (including phenoxy) is 1. The molecule has 0 saturated carbocycles. The van der Waals surface area contributed by atoms with Crippen LogP contribution in [0.2, 0.25) is 0 Å². The second-order valence-corrected chi connectivity index (χ2v) is 5.48. The third kappa shape index (κ3) is 3.13. The first kappa shape index (κ1) is 14.2. The first-order valence-corrected chi connectivity index (χ1v) is 7.40. The van der Waals surface area contributed by atoms with Gasteiger partial charge in [0.2, 0.25) is 0 Å². The SMILES string of the molecule is O[C@](C[NH+]1CCOCC1)(c1ccccc1)c1ccccn1. The Balaban J connectivity index is 1.94. The number of rotatable bonds is 4. The van der Waals surface area contributed by atoms with E-state index in [4.69, 9.17) is 4.74 Å². The first-order valence-electron chi connectivity index (χ1n) is 7.40. The lowest BCUT2D eigenvalue weighted by Crippen LogP contribution is -3.15. The Morgan fingerprint density at radius 1 is 1.05 bits per heavy atom. The molecule has 4 nitrogen and oxygen atoms in total. The molecule has 1 aromatic heterocycles. The Morgan fingerprint density at radius 3 is 2.43 bits per heavy atom. The summed E-state index contributed by atoms with van der Waals surface area (Å²) in [6.45, 7) is 3.95. The number of benzene rings is 1. The van der Waals surface area contributed by atoms with Crippen molar-refractivity contribution in [2.45, 2.75) is 5.60 Å². The van der Waals surface area contributed by atoms with Crippen LogP contribution < -0.4 is 4.90 Å². The molecule has 0 amide bonds. The van der Waals surface area contributed by atoms with Gasteiger partial charge in [-0.25, -0.2) is 0 Å². The standard InChI is InChI=1S/C17H20N2O2/c20-17(15-6-2-1-3-7-15,16-8-4-5-9-18-16)14-19-10-12-21-13-11-19/h1-9,20H,10-14H2/p+1/t17-/m1/s1. The van der Waals surface area contributed by atoms with Crippen molar-refractivity contribution in [3.05, 3.63) is 66.0 Å². The van der Waals surface area contributed by atoms with Crippen LogP contribution in [0, 0.1) is 0 Å². The lowest BCUT2D eigenvalue weighted by atomic mass is 9.89. The molecular weight excluding hydrogens is 264 g/mol. The normalized spacial score (nSPS) is 19.1. The lowest BCUT2D eigenvalue weighted by molar-refractivity contribution is -0.914. The molecule has 1 aliphatic rings. The third-order valence-corrected chi connectivity index (χ3v) is 4.05. The van der Waals surface area contributed by atoms with Crippen LogP contribution in [0.1, 0.15) is 11.3 Å². The average Bonchev–Trinajstić information content (AvgIpc) is 2.57. The van der Waals surface area contributed by atoms with Crippen LogP contribution in [-0.4, -0.2) is 42.9 Å². The highest BCUT2D eigenvalue weighted by molar-refractivity contribution is 5.32. The molecule has 2 heterocycles. The van der Waals surface area contributed by atoms with E-state index in [0.29, 0.717) is 12.2 Å². The van der Waals surface area contributed by atoms with Crippen molar-refractivity contribution >= 4 is 0 Å². The van der Waals surface area contributed by atoms with Gasteiger partial charge in [-0.05, 0) is 17.7 Å². The van der Waals surface area contributed by atoms with E-state index in [0.717, 1.165) is 31.9 Å². The Labute approximate surface area is 125 Å². The molecule has 0 radical (unpaired) electrons. The van der Waals surface area contributed by atoms with Crippen LogP contribution in [0.4, 0.5) is 0 Å². The van der Waals surface area contributed by atoms with Gasteiger partial charge in [0.15, 0.2) is 5.60 Å². The van der Waals surface area contributed by atoms with E-state index >= 15 is 0 Å². The van der Waals surface area contributed by atoms with Gasteiger partial charge >= 0.3 is 0 Å². The largest absolute Gasteiger partial charge is 0.374 e. The fraction of sp³-hybridized carbons (Fsp3) is 0.353. The summed E-state index contributed by atoms with van der Waals surface area (Å²) in [5, 5.41) is 11.4. The van der Waals surface area contributed by atoms with Gasteiger partial charge in [0.1, 0.15) is 19.6 Å². The molecular formula is C17H21N2O2+. The van der Waals surface area contributed by atoms with Crippen LogP contribution in [0.15, 0.2) is 54.7 Å². The number of pyridine rings is 1. The van der Waals surface area contributed by atoms with E-state index in [1.54, 1.807) is 6.20 Å². The van der Waals surface area contributed by atoms with Crippen molar-refractivity contribution in [3.8, 4) is 0 Å². The van der Waals surface area contributed by atoms with Crippen molar-refractivity contribution in [3.63, 3.8) is 0 Å². The maximum atomic E-state index is 11.4. The van der Waals surface area contributed by atoms with E-state index < -0.39 is 5.60 Å². The summed E-state index contributed by atoms with van der Waals surface area (Å²) >= 11 is 0. The topological polar surface area (TPSA) is 46.8 Å². The highest BCUT2D eigenvalue weighted by Gasteiger charge is 2.38. The predicted molar refractivity (Wildman–Crippen MR) is 80.1 cm³/mol. The number of aromatic nitrogens is 1. The smallest absolute Gasteiger partial charge is 0.180 e. The molecule has 0 unspecified atom stereocenters. The number of hydrogen-bond acceptors (Lipinski definition) is 3. The number of hydrogen-bond donors (Lipinski definition) is 2. The summed E-state index contributed by atoms with van der Waals surface area (Å²) in [4.78, 5) is 5.74. The number of morpholine rings is 1. The minimum absolute atomic E-state index is 0.609. The highest BCUT2D eigenvalue weighted by Crippen LogP contribution is 2.26. The van der Waals surface area contributed by atoms with E-state index in [2.05, 4.69) is 4.98 Å². The minimum atomic E-state index is -1.06. The highest BCUT2D eigenvalue weighted by atomic mass is 16.5. The number of nitrogens with one attached hydrogen (secondary N) is 1. The van der Waals surface area contributed by atoms with E-state index in [1.165, 1.54) is 4.90 Å². The zero-order valence-electron chi connectivity index (χ0n) is 12.0. The van der Waals surface area contributed by atoms with E-state index in [-0.39, 0.29) is 0 Å². The fourth-order valence-electron chi connectivity index (χ4n) is 2.86. The summed E-state index contributed by atoms with van der Waals surface area (Å²) in [6, 6.07) is 15.5. The molecule has 0 bridgehead atoms. The van der Waals surface area contributed by atoms with Crippen LogP contribution in [-0.2, 0) is 10.3 Å². The number of aliphatic hydroxyl groups is 1. The Kier molecular flexibility index (Phi) is 4.29. The number of nitrogens with zero attached hydrogens (tertiary/aromatic N) is 1. The summed E-state index contributed by atoms with van der Waals surface area (Å²) in [5.41, 5.74) is 0.535. The Morgan fingerprint density at radius 2 is 1.76 bits per heavy atom. The van der Waals surface area contributed by atoms with Crippen molar-refractivity contribution < 1.29 is 14.7 Å². The van der Waals surface area contributed by atoms with Gasteiger partial charge in [0, 0.05) is 6.20 Å². The predicted octanol–water partition coefficient (Wildman–Crippen LogP) is 0.233. The first-order chi connectivity index (χ1) is 10.3. The zero-order valence-corrected chi connectivity index (χ0v) is 12.0. The van der Waals surface area contributed by atoms with Gasteiger partial charge in [0.25, 0.3) is 0 Å². The van der Waals surface area contributed by atoms with Crippen molar-refractivity contribution in [1.29, 1.82) is 0 Å². The molecule has 1 saturated heterocycles. The van der Waals surface area contributed by atoms with Gasteiger partial charge in [-0.2, -0.15) is 0 Å². The van der Waals surface area contributed by atoms with Crippen LogP contribution >= 0.6 is 0 Å². The quantitative estimate of drug-likeness (QED) is 0.845. The van der Waals surface area contributed by atoms with Gasteiger partial charge in [-0.3, -0.25) is 4.98 Å². The Hall–Kier alpha value is -1.75. The maximum Gasteiger partial charge on any atom is 0.180 e. The van der Waals surface area contributed by atoms with Crippen LogP contribution in [0.5, 0.6) is 0 Å². The molecule has 2 N–H and O–H groups in total. The Bertz CT molecular complexity index is 514. The molecule has 1 aromatic carbocycles. The molecule has 3 rings (SSSR count). The van der Waals surface area contributed by atoms with Crippen molar-refractivity contribution in [2.75, 3.05) is 32.8 Å². The maximum absolute atomic E-state index is 11.4. The second-order valence-electron chi connectivity index (χ2n) is 5.48. The van der Waals surface area contributed by atoms with Gasteiger partial charge in [-0.15, -0.1) is 0 Å². The second kappa shape index (κ2) is 6.35.